The van der Waals surface area contributed by atoms with Gasteiger partial charge in [-0.1, -0.05) is 22.6 Å². The molecule has 2 N–H and O–H groups in total. The molecule has 0 aromatic heterocycles. The molecule has 48 valence electrons. The minimum atomic E-state index is 0. The van der Waals surface area contributed by atoms with Gasteiger partial charge in [0.05, 0.1) is 0 Å². The second-order valence-corrected chi connectivity index (χ2v) is 5.33. The van der Waals surface area contributed by atoms with Crippen LogP contribution in [0.1, 0.15) is 19.3 Å². The lowest BCUT2D eigenvalue weighted by molar-refractivity contribution is 0.0321. The summed E-state index contributed by atoms with van der Waals surface area (Å²) in [7, 11) is 0. The third-order valence-electron chi connectivity index (χ3n) is 2.01. The van der Waals surface area contributed by atoms with Crippen molar-refractivity contribution >= 4 is 35.0 Å². The molecule has 0 atom stereocenters. The van der Waals surface area contributed by atoms with Gasteiger partial charge >= 0.3 is 0 Å². The Bertz CT molecular complexity index is 93.8. The Hall–Kier alpha value is 0.980. The maximum Gasteiger partial charge on any atom is 0.0274 e. The number of hydrogen-bond donors (Lipinski definition) is 1. The van der Waals surface area contributed by atoms with Gasteiger partial charge in [0.15, 0.2) is 0 Å². The van der Waals surface area contributed by atoms with Gasteiger partial charge in [0.2, 0.25) is 0 Å². The summed E-state index contributed by atoms with van der Waals surface area (Å²) in [5.41, 5.74) is 6.09. The van der Waals surface area contributed by atoms with Crippen LogP contribution in [-0.2, 0) is 0 Å². The normalized spacial score (nSPS) is 57.8. The Morgan fingerprint density at radius 3 is 1.62 bits per heavy atom. The molecule has 3 heteroatoms. The highest BCUT2D eigenvalue weighted by Gasteiger charge is 2.64. The third kappa shape index (κ3) is 0.693. The van der Waals surface area contributed by atoms with Crippen molar-refractivity contribution in [3.05, 3.63) is 0 Å². The largest absolute Gasteiger partial charge is 0.325 e. The Labute approximate surface area is 68.9 Å². The molecule has 2 bridgehead atoms. The Morgan fingerprint density at radius 1 is 1.25 bits per heavy atom. The smallest absolute Gasteiger partial charge is 0.0274 e. The van der Waals surface area contributed by atoms with Crippen molar-refractivity contribution in [3.8, 4) is 0 Å². The van der Waals surface area contributed by atoms with Crippen molar-refractivity contribution in [2.75, 3.05) is 0 Å². The van der Waals surface area contributed by atoms with E-state index in [9.17, 15) is 0 Å². The van der Waals surface area contributed by atoms with Crippen LogP contribution in [-0.4, -0.2) is 8.96 Å². The quantitative estimate of drug-likeness (QED) is 0.508. The fraction of sp³-hybridized carbons (Fsp3) is 1.00. The predicted octanol–water partition coefficient (Wildman–Crippen LogP) is 1.48. The molecule has 0 radical (unpaired) electrons. The standard InChI is InChI=1S/C5H8IN.ClH/c6-4-1-5(7,2-4)3-4;/h1-3,7H2;1H. The van der Waals surface area contributed by atoms with Gasteiger partial charge in [-0.05, 0) is 19.3 Å². The first kappa shape index (κ1) is 7.09. The predicted molar refractivity (Wildman–Crippen MR) is 44.8 cm³/mol. The van der Waals surface area contributed by atoms with E-state index in [-0.39, 0.29) is 12.4 Å². The van der Waals surface area contributed by atoms with Crippen LogP contribution in [0.3, 0.4) is 0 Å². The molecule has 3 fully saturated rings. The maximum absolute atomic E-state index is 5.77. The van der Waals surface area contributed by atoms with Crippen LogP contribution < -0.4 is 5.73 Å². The molecule has 3 saturated carbocycles. The van der Waals surface area contributed by atoms with Crippen LogP contribution in [0, 0.1) is 0 Å². The summed E-state index contributed by atoms with van der Waals surface area (Å²) in [5, 5.41) is 0. The van der Waals surface area contributed by atoms with E-state index < -0.39 is 0 Å². The minimum Gasteiger partial charge on any atom is -0.325 e. The summed E-state index contributed by atoms with van der Waals surface area (Å²) in [6, 6.07) is 0. The Balaban J connectivity index is 0.000000320. The molecule has 3 aliphatic carbocycles. The molecule has 0 aromatic carbocycles. The number of rotatable bonds is 0. The van der Waals surface area contributed by atoms with Crippen molar-refractivity contribution in [2.45, 2.75) is 28.2 Å². The first-order chi connectivity index (χ1) is 3.12. The van der Waals surface area contributed by atoms with Gasteiger partial charge in [-0.15, -0.1) is 12.4 Å². The van der Waals surface area contributed by atoms with Crippen LogP contribution in [0.5, 0.6) is 0 Å². The molecule has 0 spiro atoms. The first-order valence-corrected chi connectivity index (χ1v) is 3.68. The average Bonchev–Trinajstić information content (AvgIpc) is 1.27. The van der Waals surface area contributed by atoms with E-state index >= 15 is 0 Å². The lowest BCUT2D eigenvalue weighted by Crippen LogP contribution is -2.73. The summed E-state index contributed by atoms with van der Waals surface area (Å²) in [4.78, 5) is 0. The highest BCUT2D eigenvalue weighted by atomic mass is 127. The van der Waals surface area contributed by atoms with Crippen molar-refractivity contribution in [1.29, 1.82) is 0 Å². The Kier molecular flexibility index (Phi) is 1.35. The van der Waals surface area contributed by atoms with Gasteiger partial charge in [-0.3, -0.25) is 0 Å². The SMILES string of the molecule is Cl.NC12CC(I)(C1)C2. The lowest BCUT2D eigenvalue weighted by Gasteiger charge is -2.66. The zero-order valence-corrected chi connectivity index (χ0v) is 7.46. The molecule has 3 rings (SSSR count). The van der Waals surface area contributed by atoms with Crippen LogP contribution in [0.15, 0.2) is 0 Å². The van der Waals surface area contributed by atoms with Crippen LogP contribution in [0.25, 0.3) is 0 Å². The van der Waals surface area contributed by atoms with Gasteiger partial charge in [0.1, 0.15) is 0 Å². The summed E-state index contributed by atoms with van der Waals surface area (Å²) in [6.07, 6.45) is 3.84. The summed E-state index contributed by atoms with van der Waals surface area (Å²) >= 11 is 2.52. The highest BCUT2D eigenvalue weighted by molar-refractivity contribution is 14.1. The number of alkyl halides is 1. The van der Waals surface area contributed by atoms with E-state index in [1.54, 1.807) is 0 Å². The molecule has 0 heterocycles. The molecule has 3 aliphatic rings. The van der Waals surface area contributed by atoms with E-state index in [0.717, 1.165) is 0 Å². The van der Waals surface area contributed by atoms with Crippen molar-refractivity contribution in [1.82, 2.24) is 0 Å². The van der Waals surface area contributed by atoms with E-state index in [1.807, 2.05) is 0 Å². The van der Waals surface area contributed by atoms with Crippen molar-refractivity contribution in [3.63, 3.8) is 0 Å². The topological polar surface area (TPSA) is 26.0 Å². The fourth-order valence-electron chi connectivity index (χ4n) is 1.74. The average molecular weight is 245 g/mol. The van der Waals surface area contributed by atoms with Gasteiger partial charge in [-0.25, -0.2) is 0 Å². The number of nitrogens with two attached hydrogens (primary N) is 1. The molecule has 1 nitrogen and oxygen atoms in total. The molecule has 8 heavy (non-hydrogen) atoms. The molecule has 0 aliphatic heterocycles. The van der Waals surface area contributed by atoms with Crippen molar-refractivity contribution in [2.24, 2.45) is 5.73 Å². The summed E-state index contributed by atoms with van der Waals surface area (Å²) in [5.74, 6) is 0. The first-order valence-electron chi connectivity index (χ1n) is 2.60. The molecule has 0 aromatic rings. The van der Waals surface area contributed by atoms with E-state index in [0.29, 0.717) is 8.96 Å². The number of hydrogen-bond acceptors (Lipinski definition) is 1. The second kappa shape index (κ2) is 1.52. The van der Waals surface area contributed by atoms with Crippen LogP contribution in [0.4, 0.5) is 0 Å². The lowest BCUT2D eigenvalue weighted by atomic mass is 9.50. The molecular weight excluding hydrogens is 236 g/mol. The third-order valence-corrected chi connectivity index (χ3v) is 3.15. The Morgan fingerprint density at radius 2 is 1.62 bits per heavy atom. The van der Waals surface area contributed by atoms with E-state index in [1.165, 1.54) is 19.3 Å². The van der Waals surface area contributed by atoms with Crippen LogP contribution in [0.2, 0.25) is 0 Å². The van der Waals surface area contributed by atoms with Gasteiger partial charge in [0, 0.05) is 8.96 Å². The summed E-state index contributed by atoms with van der Waals surface area (Å²) < 4.78 is 0.673. The van der Waals surface area contributed by atoms with Gasteiger partial charge in [-0.2, -0.15) is 0 Å². The molecule has 0 unspecified atom stereocenters. The minimum absolute atomic E-state index is 0. The summed E-state index contributed by atoms with van der Waals surface area (Å²) in [6.45, 7) is 0. The van der Waals surface area contributed by atoms with Crippen LogP contribution >= 0.6 is 35.0 Å². The zero-order valence-electron chi connectivity index (χ0n) is 4.48. The highest BCUT2D eigenvalue weighted by Crippen LogP contribution is 2.64. The van der Waals surface area contributed by atoms with Crippen molar-refractivity contribution < 1.29 is 0 Å². The number of halogens is 2. The molecular formula is C5H9ClIN. The molecule has 0 amide bonds. The van der Waals surface area contributed by atoms with Gasteiger partial charge < -0.3 is 5.73 Å². The fourth-order valence-corrected chi connectivity index (χ4v) is 4.02. The second-order valence-electron chi connectivity index (χ2n) is 3.04. The molecule has 0 saturated heterocycles. The monoisotopic (exact) mass is 245 g/mol. The van der Waals surface area contributed by atoms with Gasteiger partial charge in [0.25, 0.3) is 0 Å². The van der Waals surface area contributed by atoms with E-state index in [2.05, 4.69) is 22.6 Å². The maximum atomic E-state index is 5.77. The zero-order chi connectivity index (χ0) is 5.12. The van der Waals surface area contributed by atoms with E-state index in [4.69, 9.17) is 5.73 Å².